The molecule has 0 aliphatic carbocycles. The standard InChI is InChI=1S/C18H39O7P/c1-4-10-20-13-7-16-23-26(19,24-17-8-14-21-11-5-2)25-18-9-15-22-12-6-3/h4-18H2,1-3H3. The maximum absolute atomic E-state index is 12.7. The summed E-state index contributed by atoms with van der Waals surface area (Å²) < 4.78 is 45.1. The van der Waals surface area contributed by atoms with E-state index < -0.39 is 7.82 Å². The molecule has 0 aliphatic heterocycles. The first-order valence-electron chi connectivity index (χ1n) is 9.95. The normalized spacial score (nSPS) is 12.0. The van der Waals surface area contributed by atoms with Gasteiger partial charge in [0.1, 0.15) is 0 Å². The highest BCUT2D eigenvalue weighted by atomic mass is 31.2. The molecule has 0 heterocycles. The topological polar surface area (TPSA) is 72.5 Å². The van der Waals surface area contributed by atoms with E-state index in [0.717, 1.165) is 39.1 Å². The number of rotatable bonds is 21. The summed E-state index contributed by atoms with van der Waals surface area (Å²) in [7, 11) is -3.55. The highest BCUT2D eigenvalue weighted by Gasteiger charge is 2.26. The summed E-state index contributed by atoms with van der Waals surface area (Å²) in [5.74, 6) is 0. The lowest BCUT2D eigenvalue weighted by Crippen LogP contribution is -2.08. The summed E-state index contributed by atoms with van der Waals surface area (Å²) in [6.07, 6.45) is 4.88. The van der Waals surface area contributed by atoms with Crippen molar-refractivity contribution in [2.24, 2.45) is 0 Å². The minimum Gasteiger partial charge on any atom is -0.381 e. The van der Waals surface area contributed by atoms with E-state index in [4.69, 9.17) is 27.8 Å². The van der Waals surface area contributed by atoms with Crippen LogP contribution in [0.5, 0.6) is 0 Å². The first kappa shape index (κ1) is 26.0. The van der Waals surface area contributed by atoms with Gasteiger partial charge in [-0.05, 0) is 38.5 Å². The third kappa shape index (κ3) is 17.4. The van der Waals surface area contributed by atoms with Gasteiger partial charge in [-0.25, -0.2) is 4.57 Å². The van der Waals surface area contributed by atoms with Gasteiger partial charge in [-0.3, -0.25) is 13.6 Å². The molecule has 0 fully saturated rings. The highest BCUT2D eigenvalue weighted by molar-refractivity contribution is 7.48. The van der Waals surface area contributed by atoms with Gasteiger partial charge in [-0.2, -0.15) is 0 Å². The zero-order chi connectivity index (χ0) is 19.3. The van der Waals surface area contributed by atoms with Gasteiger partial charge in [0.25, 0.3) is 0 Å². The Morgan fingerprint density at radius 1 is 0.500 bits per heavy atom. The van der Waals surface area contributed by atoms with Crippen LogP contribution in [0.25, 0.3) is 0 Å². The molecule has 7 nitrogen and oxygen atoms in total. The Morgan fingerprint density at radius 3 is 1.08 bits per heavy atom. The minimum atomic E-state index is -3.55. The number of hydrogen-bond donors (Lipinski definition) is 0. The lowest BCUT2D eigenvalue weighted by molar-refractivity contribution is 0.0708. The maximum Gasteiger partial charge on any atom is 0.474 e. The van der Waals surface area contributed by atoms with E-state index in [1.807, 2.05) is 0 Å². The molecule has 0 aromatic heterocycles. The van der Waals surface area contributed by atoms with Crippen molar-refractivity contribution >= 4 is 7.82 Å². The molecule has 0 aliphatic rings. The predicted octanol–water partition coefficient (Wildman–Crippen LogP) is 4.59. The largest absolute Gasteiger partial charge is 0.474 e. The molecular weight excluding hydrogens is 359 g/mol. The molecule has 8 heteroatoms. The van der Waals surface area contributed by atoms with Gasteiger partial charge < -0.3 is 14.2 Å². The van der Waals surface area contributed by atoms with E-state index in [1.54, 1.807) is 0 Å². The third-order valence-corrected chi connectivity index (χ3v) is 4.59. The van der Waals surface area contributed by atoms with E-state index >= 15 is 0 Å². The van der Waals surface area contributed by atoms with Crippen LogP contribution in [-0.4, -0.2) is 59.5 Å². The van der Waals surface area contributed by atoms with Gasteiger partial charge in [0.2, 0.25) is 0 Å². The second-order valence-corrected chi connectivity index (χ2v) is 7.51. The summed E-state index contributed by atoms with van der Waals surface area (Å²) in [5.41, 5.74) is 0. The van der Waals surface area contributed by atoms with Gasteiger partial charge in [0, 0.05) is 39.6 Å². The third-order valence-electron chi connectivity index (χ3n) is 3.09. The zero-order valence-electron chi connectivity index (χ0n) is 16.9. The number of phosphoric ester groups is 1. The molecule has 0 aromatic rings. The summed E-state index contributed by atoms with van der Waals surface area (Å²) >= 11 is 0. The molecule has 26 heavy (non-hydrogen) atoms. The smallest absolute Gasteiger partial charge is 0.381 e. The first-order valence-corrected chi connectivity index (χ1v) is 11.4. The molecule has 0 radical (unpaired) electrons. The molecule has 0 saturated carbocycles. The van der Waals surface area contributed by atoms with Crippen LogP contribution in [0.2, 0.25) is 0 Å². The van der Waals surface area contributed by atoms with Crippen molar-refractivity contribution < 1.29 is 32.3 Å². The van der Waals surface area contributed by atoms with Crippen LogP contribution < -0.4 is 0 Å². The Bertz CT molecular complexity index is 281. The second-order valence-electron chi connectivity index (χ2n) is 5.84. The average Bonchev–Trinajstić information content (AvgIpc) is 2.64. The monoisotopic (exact) mass is 398 g/mol. The van der Waals surface area contributed by atoms with Crippen LogP contribution in [-0.2, 0) is 32.3 Å². The molecule has 0 atom stereocenters. The SMILES string of the molecule is CCCOCCCOP(=O)(OCCCOCCC)OCCCOCCC. The van der Waals surface area contributed by atoms with Crippen molar-refractivity contribution in [1.82, 2.24) is 0 Å². The molecule has 0 spiro atoms. The molecule has 158 valence electrons. The van der Waals surface area contributed by atoms with Crippen molar-refractivity contribution in [1.29, 1.82) is 0 Å². The average molecular weight is 398 g/mol. The Labute approximate surface area is 159 Å². The predicted molar refractivity (Wildman–Crippen MR) is 103 cm³/mol. The van der Waals surface area contributed by atoms with Crippen molar-refractivity contribution in [3.63, 3.8) is 0 Å². The molecule has 0 N–H and O–H groups in total. The van der Waals surface area contributed by atoms with Crippen LogP contribution in [0.4, 0.5) is 0 Å². The Kier molecular flexibility index (Phi) is 19.7. The van der Waals surface area contributed by atoms with Crippen molar-refractivity contribution in [3.8, 4) is 0 Å². The highest BCUT2D eigenvalue weighted by Crippen LogP contribution is 2.49. The minimum absolute atomic E-state index is 0.277. The number of ether oxygens (including phenoxy) is 3. The van der Waals surface area contributed by atoms with Gasteiger partial charge >= 0.3 is 7.82 Å². The van der Waals surface area contributed by atoms with Gasteiger partial charge in [-0.15, -0.1) is 0 Å². The van der Waals surface area contributed by atoms with Crippen molar-refractivity contribution in [2.75, 3.05) is 59.5 Å². The second kappa shape index (κ2) is 19.7. The molecule has 0 aromatic carbocycles. The molecule has 0 saturated heterocycles. The molecule has 0 amide bonds. The maximum atomic E-state index is 12.7. The molecule has 0 unspecified atom stereocenters. The lowest BCUT2D eigenvalue weighted by atomic mass is 10.5. The van der Waals surface area contributed by atoms with Crippen LogP contribution in [0.15, 0.2) is 0 Å². The van der Waals surface area contributed by atoms with Crippen LogP contribution in [0, 0.1) is 0 Å². The number of hydrogen-bond acceptors (Lipinski definition) is 7. The Morgan fingerprint density at radius 2 is 0.808 bits per heavy atom. The molecular formula is C18H39O7P. The summed E-state index contributed by atoms with van der Waals surface area (Å²) in [6.45, 7) is 10.9. The van der Waals surface area contributed by atoms with E-state index in [1.165, 1.54) is 0 Å². The lowest BCUT2D eigenvalue weighted by Gasteiger charge is -2.18. The van der Waals surface area contributed by atoms with Crippen molar-refractivity contribution in [3.05, 3.63) is 0 Å². The number of phosphoric acid groups is 1. The van der Waals surface area contributed by atoms with E-state index in [-0.39, 0.29) is 19.8 Å². The quantitative estimate of drug-likeness (QED) is 0.207. The fourth-order valence-corrected chi connectivity index (χ4v) is 3.14. The fourth-order valence-electron chi connectivity index (χ4n) is 1.86. The summed E-state index contributed by atoms with van der Waals surface area (Å²) in [4.78, 5) is 0. The zero-order valence-corrected chi connectivity index (χ0v) is 17.8. The van der Waals surface area contributed by atoms with E-state index in [9.17, 15) is 4.57 Å². The van der Waals surface area contributed by atoms with E-state index in [2.05, 4.69) is 20.8 Å². The van der Waals surface area contributed by atoms with E-state index in [0.29, 0.717) is 39.1 Å². The van der Waals surface area contributed by atoms with Crippen molar-refractivity contribution in [2.45, 2.75) is 59.3 Å². The summed E-state index contributed by atoms with van der Waals surface area (Å²) in [6, 6.07) is 0. The Balaban J connectivity index is 4.04. The van der Waals surface area contributed by atoms with Gasteiger partial charge in [0.05, 0.1) is 19.8 Å². The van der Waals surface area contributed by atoms with Crippen LogP contribution >= 0.6 is 7.82 Å². The first-order chi connectivity index (χ1) is 12.7. The fraction of sp³-hybridized carbons (Fsp3) is 1.00. The van der Waals surface area contributed by atoms with Crippen LogP contribution in [0.1, 0.15) is 59.3 Å². The summed E-state index contributed by atoms with van der Waals surface area (Å²) in [5, 5.41) is 0. The van der Waals surface area contributed by atoms with Gasteiger partial charge in [-0.1, -0.05) is 20.8 Å². The molecule has 0 rings (SSSR count). The van der Waals surface area contributed by atoms with Gasteiger partial charge in [0.15, 0.2) is 0 Å². The Hall–Kier alpha value is -0.0100. The molecule has 0 bridgehead atoms. The van der Waals surface area contributed by atoms with Crippen LogP contribution in [0.3, 0.4) is 0 Å².